The van der Waals surface area contributed by atoms with E-state index in [-0.39, 0.29) is 5.91 Å². The number of anilines is 1. The predicted octanol–water partition coefficient (Wildman–Crippen LogP) is 4.12. The van der Waals surface area contributed by atoms with Crippen molar-refractivity contribution in [3.05, 3.63) is 34.8 Å². The molecule has 1 atom stereocenters. The zero-order valence-corrected chi connectivity index (χ0v) is 15.1. The Morgan fingerprint density at radius 1 is 1.41 bits per heavy atom. The molecule has 0 bridgehead atoms. The number of carbonyl (C=O) groups is 1. The van der Waals surface area contributed by atoms with E-state index in [2.05, 4.69) is 10.2 Å². The van der Waals surface area contributed by atoms with Crippen molar-refractivity contribution >= 4 is 46.3 Å². The molecule has 0 aliphatic rings. The Kier molecular flexibility index (Phi) is 6.23. The van der Waals surface area contributed by atoms with Crippen LogP contribution in [-0.4, -0.2) is 27.7 Å². The molecular formula is C15H18ClN3OS2. The largest absolute Gasteiger partial charge is 0.304 e. The number of para-hydroxylation sites is 1. The number of alkyl halides is 1. The van der Waals surface area contributed by atoms with Gasteiger partial charge in [-0.2, -0.15) is 0 Å². The van der Waals surface area contributed by atoms with E-state index in [1.54, 1.807) is 16.7 Å². The fraction of sp³-hybridized carbons (Fsp3) is 0.400. The van der Waals surface area contributed by atoms with E-state index >= 15 is 0 Å². The Bertz CT molecular complexity index is 647. The van der Waals surface area contributed by atoms with Crippen LogP contribution in [0.1, 0.15) is 23.9 Å². The fourth-order valence-electron chi connectivity index (χ4n) is 2.01. The minimum absolute atomic E-state index is 0.0978. The van der Waals surface area contributed by atoms with Crippen LogP contribution in [0.4, 0.5) is 5.69 Å². The van der Waals surface area contributed by atoms with Crippen molar-refractivity contribution in [2.45, 2.75) is 36.5 Å². The molecule has 2 aromatic rings. The van der Waals surface area contributed by atoms with Crippen LogP contribution in [0.15, 0.2) is 28.6 Å². The number of aromatic nitrogens is 2. The molecule has 7 heteroatoms. The average molecular weight is 356 g/mol. The van der Waals surface area contributed by atoms with Crippen molar-refractivity contribution < 1.29 is 4.79 Å². The third-order valence-electron chi connectivity index (χ3n) is 3.21. The highest BCUT2D eigenvalue weighted by Crippen LogP contribution is 2.26. The Labute approximate surface area is 143 Å². The van der Waals surface area contributed by atoms with E-state index in [0.29, 0.717) is 13.0 Å². The lowest BCUT2D eigenvalue weighted by molar-refractivity contribution is -0.118. The van der Waals surface area contributed by atoms with E-state index in [1.165, 1.54) is 11.3 Å². The van der Waals surface area contributed by atoms with Crippen LogP contribution in [0.25, 0.3) is 0 Å². The summed E-state index contributed by atoms with van der Waals surface area (Å²) in [5.41, 5.74) is 1.90. The average Bonchev–Trinajstić information content (AvgIpc) is 2.99. The zero-order chi connectivity index (χ0) is 16.1. The molecule has 1 aromatic heterocycles. The minimum atomic E-state index is -0.535. The number of thioether (sulfide) groups is 1. The second-order valence-electron chi connectivity index (χ2n) is 4.75. The number of hydrogen-bond donors (Lipinski definition) is 0. The predicted molar refractivity (Wildman–Crippen MR) is 94.0 cm³/mol. The molecule has 0 fully saturated rings. The summed E-state index contributed by atoms with van der Waals surface area (Å²) in [6, 6.07) is 7.79. The van der Waals surface area contributed by atoms with E-state index in [4.69, 9.17) is 11.6 Å². The maximum atomic E-state index is 12.7. The van der Waals surface area contributed by atoms with Gasteiger partial charge in [0.25, 0.3) is 0 Å². The molecule has 0 aliphatic carbocycles. The minimum Gasteiger partial charge on any atom is -0.304 e. The smallest absolute Gasteiger partial charge is 0.245 e. The molecule has 0 N–H and O–H groups in total. The van der Waals surface area contributed by atoms with Crippen molar-refractivity contribution in [3.63, 3.8) is 0 Å². The normalized spacial score (nSPS) is 12.2. The van der Waals surface area contributed by atoms with Crippen molar-refractivity contribution in [2.24, 2.45) is 0 Å². The molecule has 1 unspecified atom stereocenters. The third kappa shape index (κ3) is 4.00. The highest BCUT2D eigenvalue weighted by atomic mass is 35.5. The zero-order valence-electron chi connectivity index (χ0n) is 12.7. The Hall–Kier alpha value is -1.11. The summed E-state index contributed by atoms with van der Waals surface area (Å²) >= 11 is 9.24. The van der Waals surface area contributed by atoms with Gasteiger partial charge in [0.05, 0.1) is 6.54 Å². The maximum absolute atomic E-state index is 12.7. The molecule has 1 aromatic carbocycles. The van der Waals surface area contributed by atoms with Crippen molar-refractivity contribution in [2.75, 3.05) is 11.2 Å². The molecule has 22 heavy (non-hydrogen) atoms. The van der Waals surface area contributed by atoms with Gasteiger partial charge in [-0.1, -0.05) is 48.2 Å². The monoisotopic (exact) mass is 355 g/mol. The first-order chi connectivity index (χ1) is 10.6. The second kappa shape index (κ2) is 7.94. The van der Waals surface area contributed by atoms with Crippen LogP contribution in [0.5, 0.6) is 0 Å². The number of halogens is 1. The number of carbonyl (C=O) groups excluding carboxylic acids is 1. The molecule has 0 radical (unpaired) electrons. The summed E-state index contributed by atoms with van der Waals surface area (Å²) in [6.07, 6.45) is 2.55. The molecule has 0 saturated carbocycles. The number of hydrogen-bond acceptors (Lipinski definition) is 5. The van der Waals surface area contributed by atoms with E-state index < -0.39 is 5.38 Å². The van der Waals surface area contributed by atoms with Gasteiger partial charge in [-0.25, -0.2) is 0 Å². The van der Waals surface area contributed by atoms with Crippen LogP contribution >= 0.6 is 34.7 Å². The summed E-state index contributed by atoms with van der Waals surface area (Å²) in [5, 5.41) is 8.52. The number of aryl methyl sites for hydroxylation is 1. The van der Waals surface area contributed by atoms with Gasteiger partial charge in [0.15, 0.2) is 4.34 Å². The van der Waals surface area contributed by atoms with E-state index in [1.807, 2.05) is 44.4 Å². The third-order valence-corrected chi connectivity index (χ3v) is 5.59. The molecule has 2 rings (SSSR count). The fourth-order valence-corrected chi connectivity index (χ4v) is 3.43. The molecule has 1 amide bonds. The SMILES string of the molecule is CCC(Cl)C(=O)N(Cc1nnc(SC)s1)c1ccccc1C. The number of amides is 1. The van der Waals surface area contributed by atoms with Gasteiger partial charge in [0.2, 0.25) is 5.91 Å². The molecule has 1 heterocycles. The van der Waals surface area contributed by atoms with Crippen LogP contribution in [0, 0.1) is 6.92 Å². The number of benzene rings is 1. The summed E-state index contributed by atoms with van der Waals surface area (Å²) in [4.78, 5) is 14.4. The van der Waals surface area contributed by atoms with Gasteiger partial charge in [-0.05, 0) is 31.2 Å². The van der Waals surface area contributed by atoms with Gasteiger partial charge in [0.1, 0.15) is 10.4 Å². The molecular weight excluding hydrogens is 338 g/mol. The second-order valence-corrected chi connectivity index (χ2v) is 7.39. The molecule has 0 aliphatic heterocycles. The van der Waals surface area contributed by atoms with Crippen LogP contribution < -0.4 is 4.90 Å². The molecule has 118 valence electrons. The quantitative estimate of drug-likeness (QED) is 0.577. The summed E-state index contributed by atoms with van der Waals surface area (Å²) in [6.45, 7) is 4.28. The van der Waals surface area contributed by atoms with Gasteiger partial charge >= 0.3 is 0 Å². The lowest BCUT2D eigenvalue weighted by atomic mass is 10.1. The number of rotatable bonds is 6. The summed E-state index contributed by atoms with van der Waals surface area (Å²) in [5.74, 6) is -0.0978. The first-order valence-corrected chi connectivity index (χ1v) is 9.42. The first-order valence-electron chi connectivity index (χ1n) is 6.94. The molecule has 0 saturated heterocycles. The molecule has 4 nitrogen and oxygen atoms in total. The van der Waals surface area contributed by atoms with Crippen molar-refractivity contribution in [3.8, 4) is 0 Å². The van der Waals surface area contributed by atoms with Crippen LogP contribution in [0.3, 0.4) is 0 Å². The Balaban J connectivity index is 2.33. The Morgan fingerprint density at radius 3 is 2.73 bits per heavy atom. The van der Waals surface area contributed by atoms with Gasteiger partial charge in [0, 0.05) is 5.69 Å². The maximum Gasteiger partial charge on any atom is 0.245 e. The highest BCUT2D eigenvalue weighted by Gasteiger charge is 2.24. The van der Waals surface area contributed by atoms with Gasteiger partial charge in [-0.3, -0.25) is 4.79 Å². The van der Waals surface area contributed by atoms with Gasteiger partial charge < -0.3 is 4.90 Å². The van der Waals surface area contributed by atoms with Crippen molar-refractivity contribution in [1.82, 2.24) is 10.2 Å². The first kappa shape index (κ1) is 17.2. The highest BCUT2D eigenvalue weighted by molar-refractivity contribution is 8.00. The van der Waals surface area contributed by atoms with E-state index in [0.717, 1.165) is 20.6 Å². The van der Waals surface area contributed by atoms with E-state index in [9.17, 15) is 4.79 Å². The summed E-state index contributed by atoms with van der Waals surface area (Å²) in [7, 11) is 0. The number of nitrogens with zero attached hydrogens (tertiary/aromatic N) is 3. The van der Waals surface area contributed by atoms with Crippen LogP contribution in [0.2, 0.25) is 0 Å². The molecule has 0 spiro atoms. The lowest BCUT2D eigenvalue weighted by Crippen LogP contribution is -2.36. The van der Waals surface area contributed by atoms with Crippen molar-refractivity contribution in [1.29, 1.82) is 0 Å². The lowest BCUT2D eigenvalue weighted by Gasteiger charge is -2.25. The van der Waals surface area contributed by atoms with Gasteiger partial charge in [-0.15, -0.1) is 21.8 Å². The van der Waals surface area contributed by atoms with Crippen LogP contribution in [-0.2, 0) is 11.3 Å². The Morgan fingerprint density at radius 2 is 2.14 bits per heavy atom. The summed E-state index contributed by atoms with van der Waals surface area (Å²) < 4.78 is 0.894. The topological polar surface area (TPSA) is 46.1 Å². The standard InChI is InChI=1S/C15H18ClN3OS2/c1-4-11(16)14(20)19(12-8-6-5-7-10(12)2)9-13-17-18-15(21-3)22-13/h5-8,11H,4,9H2,1-3H3.